The van der Waals surface area contributed by atoms with Crippen molar-refractivity contribution in [3.8, 4) is 0 Å². The number of benzene rings is 1. The van der Waals surface area contributed by atoms with Gasteiger partial charge in [-0.1, -0.05) is 37.6 Å². The predicted molar refractivity (Wildman–Crippen MR) is 80.8 cm³/mol. The molecule has 20 heavy (non-hydrogen) atoms. The van der Waals surface area contributed by atoms with E-state index in [1.165, 1.54) is 0 Å². The third kappa shape index (κ3) is 3.53. The van der Waals surface area contributed by atoms with Gasteiger partial charge in [-0.15, -0.1) is 0 Å². The molecule has 2 rings (SSSR count). The Morgan fingerprint density at radius 1 is 1.45 bits per heavy atom. The molecule has 2 N–H and O–H groups in total. The van der Waals surface area contributed by atoms with E-state index < -0.39 is 11.5 Å². The van der Waals surface area contributed by atoms with Gasteiger partial charge in [-0.2, -0.15) is 0 Å². The number of rotatable bonds is 6. The fraction of sp³-hybridized carbons (Fsp3) is 0.562. The van der Waals surface area contributed by atoms with E-state index in [-0.39, 0.29) is 5.91 Å². The van der Waals surface area contributed by atoms with Gasteiger partial charge < -0.3 is 10.4 Å². The minimum absolute atomic E-state index is 0.00238. The Labute approximate surface area is 125 Å². The number of hydrogen-bond acceptors (Lipinski definition) is 2. The van der Waals surface area contributed by atoms with Crippen molar-refractivity contribution in [2.75, 3.05) is 6.54 Å². The Morgan fingerprint density at radius 3 is 2.70 bits per heavy atom. The van der Waals surface area contributed by atoms with Gasteiger partial charge in [0.25, 0.3) is 0 Å². The molecule has 0 radical (unpaired) electrons. The first-order chi connectivity index (χ1) is 9.44. The molecule has 0 heterocycles. The highest BCUT2D eigenvalue weighted by atomic mass is 35.5. The minimum Gasteiger partial charge on any atom is -0.391 e. The lowest BCUT2D eigenvalue weighted by Gasteiger charge is -2.19. The Hall–Kier alpha value is -1.06. The highest BCUT2D eigenvalue weighted by Gasteiger charge is 2.51. The average Bonchev–Trinajstić information content (AvgIpc) is 3.16. The zero-order chi connectivity index (χ0) is 14.8. The van der Waals surface area contributed by atoms with E-state index in [2.05, 4.69) is 19.2 Å². The lowest BCUT2D eigenvalue weighted by molar-refractivity contribution is -0.124. The summed E-state index contributed by atoms with van der Waals surface area (Å²) in [5.74, 6) is 0.423. The van der Waals surface area contributed by atoms with Crippen molar-refractivity contribution < 1.29 is 9.90 Å². The van der Waals surface area contributed by atoms with Crippen molar-refractivity contribution >= 4 is 17.5 Å². The zero-order valence-corrected chi connectivity index (χ0v) is 12.8. The van der Waals surface area contributed by atoms with Crippen molar-refractivity contribution in [3.63, 3.8) is 0 Å². The standard InChI is InChI=1S/C16H22ClNO2/c1-11(2)8-14(19)10-18-15(20)16(6-7-16)12-4-3-5-13(17)9-12/h3-5,9,11,14,19H,6-8,10H2,1-2H3,(H,18,20). The molecule has 3 nitrogen and oxygen atoms in total. The smallest absolute Gasteiger partial charge is 0.230 e. The van der Waals surface area contributed by atoms with Crippen LogP contribution < -0.4 is 5.32 Å². The SMILES string of the molecule is CC(C)CC(O)CNC(=O)C1(c2cccc(Cl)c2)CC1. The van der Waals surface area contributed by atoms with Gasteiger partial charge in [-0.3, -0.25) is 4.79 Å². The Morgan fingerprint density at radius 2 is 2.15 bits per heavy atom. The van der Waals surface area contributed by atoms with E-state index in [0.29, 0.717) is 23.9 Å². The molecule has 4 heteroatoms. The fourth-order valence-corrected chi connectivity index (χ4v) is 2.76. The van der Waals surface area contributed by atoms with Gasteiger partial charge in [-0.05, 0) is 42.9 Å². The van der Waals surface area contributed by atoms with Crippen LogP contribution in [0.1, 0.15) is 38.7 Å². The maximum Gasteiger partial charge on any atom is 0.230 e. The monoisotopic (exact) mass is 295 g/mol. The van der Waals surface area contributed by atoms with Crippen LogP contribution in [-0.4, -0.2) is 23.7 Å². The molecule has 110 valence electrons. The average molecular weight is 296 g/mol. The fourth-order valence-electron chi connectivity index (χ4n) is 2.57. The van der Waals surface area contributed by atoms with Gasteiger partial charge in [0, 0.05) is 11.6 Å². The van der Waals surface area contributed by atoms with Crippen LogP contribution >= 0.6 is 11.6 Å². The Balaban J connectivity index is 1.95. The second-order valence-corrected chi connectivity index (χ2v) is 6.52. The molecule has 0 spiro atoms. The summed E-state index contributed by atoms with van der Waals surface area (Å²) in [5.41, 5.74) is 0.545. The molecule has 0 aromatic heterocycles. The Kier molecular flexibility index (Phi) is 4.71. The first-order valence-electron chi connectivity index (χ1n) is 7.16. The normalized spacial score (nSPS) is 17.9. The van der Waals surface area contributed by atoms with Crippen LogP contribution in [0.15, 0.2) is 24.3 Å². The molecule has 1 unspecified atom stereocenters. The van der Waals surface area contributed by atoms with Crippen molar-refractivity contribution in [2.45, 2.75) is 44.6 Å². The quantitative estimate of drug-likeness (QED) is 0.848. The summed E-state index contributed by atoms with van der Waals surface area (Å²) in [6.45, 7) is 4.43. The third-order valence-corrected chi connectivity index (χ3v) is 4.04. The Bertz CT molecular complexity index is 483. The summed E-state index contributed by atoms with van der Waals surface area (Å²) in [4.78, 5) is 12.4. The maximum absolute atomic E-state index is 12.4. The van der Waals surface area contributed by atoms with Crippen molar-refractivity contribution in [3.05, 3.63) is 34.9 Å². The second-order valence-electron chi connectivity index (χ2n) is 6.09. The number of carbonyl (C=O) groups excluding carboxylic acids is 1. The summed E-state index contributed by atoms with van der Waals surface area (Å²) in [6, 6.07) is 7.49. The van der Waals surface area contributed by atoms with E-state index in [1.54, 1.807) is 0 Å². The van der Waals surface area contributed by atoms with Gasteiger partial charge in [0.05, 0.1) is 11.5 Å². The van der Waals surface area contributed by atoms with Crippen LogP contribution in [0.2, 0.25) is 5.02 Å². The van der Waals surface area contributed by atoms with E-state index in [9.17, 15) is 9.90 Å². The molecule has 1 amide bonds. The molecular formula is C16H22ClNO2. The predicted octanol–water partition coefficient (Wildman–Crippen LogP) is 2.89. The van der Waals surface area contributed by atoms with Crippen LogP contribution in [0.25, 0.3) is 0 Å². The second kappa shape index (κ2) is 6.15. The van der Waals surface area contributed by atoms with Crippen LogP contribution in [0.3, 0.4) is 0 Å². The van der Waals surface area contributed by atoms with Gasteiger partial charge in [0.15, 0.2) is 0 Å². The maximum atomic E-state index is 12.4. The molecule has 1 aromatic rings. The first kappa shape index (κ1) is 15.3. The summed E-state index contributed by atoms with van der Waals surface area (Å²) in [5, 5.41) is 13.4. The molecule has 1 saturated carbocycles. The van der Waals surface area contributed by atoms with Crippen molar-refractivity contribution in [2.24, 2.45) is 5.92 Å². The number of aliphatic hydroxyl groups is 1. The number of halogens is 1. The topological polar surface area (TPSA) is 49.3 Å². The van der Waals surface area contributed by atoms with Gasteiger partial charge in [-0.25, -0.2) is 0 Å². The number of aliphatic hydroxyl groups excluding tert-OH is 1. The summed E-state index contributed by atoms with van der Waals surface area (Å²) >= 11 is 6.00. The molecule has 1 aliphatic carbocycles. The van der Waals surface area contributed by atoms with Crippen LogP contribution in [0.5, 0.6) is 0 Å². The van der Waals surface area contributed by atoms with E-state index in [1.807, 2.05) is 24.3 Å². The van der Waals surface area contributed by atoms with Crippen LogP contribution in [0.4, 0.5) is 0 Å². The van der Waals surface area contributed by atoms with E-state index in [4.69, 9.17) is 11.6 Å². The number of nitrogens with one attached hydrogen (secondary N) is 1. The number of amides is 1. The number of hydrogen-bond donors (Lipinski definition) is 2. The molecule has 0 bridgehead atoms. The largest absolute Gasteiger partial charge is 0.391 e. The third-order valence-electron chi connectivity index (χ3n) is 3.80. The van der Waals surface area contributed by atoms with Gasteiger partial charge >= 0.3 is 0 Å². The van der Waals surface area contributed by atoms with Crippen LogP contribution in [-0.2, 0) is 10.2 Å². The summed E-state index contributed by atoms with van der Waals surface area (Å²) < 4.78 is 0. The zero-order valence-electron chi connectivity index (χ0n) is 12.0. The van der Waals surface area contributed by atoms with Gasteiger partial charge in [0.2, 0.25) is 5.91 Å². The molecule has 0 aliphatic heterocycles. The van der Waals surface area contributed by atoms with Crippen molar-refractivity contribution in [1.82, 2.24) is 5.32 Å². The highest BCUT2D eigenvalue weighted by molar-refractivity contribution is 6.30. The van der Waals surface area contributed by atoms with E-state index >= 15 is 0 Å². The molecule has 1 atom stereocenters. The molecule has 1 fully saturated rings. The van der Waals surface area contributed by atoms with E-state index in [0.717, 1.165) is 18.4 Å². The highest BCUT2D eigenvalue weighted by Crippen LogP contribution is 2.48. The number of carbonyl (C=O) groups is 1. The molecule has 1 aromatic carbocycles. The summed E-state index contributed by atoms with van der Waals surface area (Å²) in [6.07, 6.45) is 1.91. The summed E-state index contributed by atoms with van der Waals surface area (Å²) in [7, 11) is 0. The first-order valence-corrected chi connectivity index (χ1v) is 7.54. The molecule has 0 saturated heterocycles. The van der Waals surface area contributed by atoms with Crippen molar-refractivity contribution in [1.29, 1.82) is 0 Å². The lowest BCUT2D eigenvalue weighted by atomic mass is 9.95. The molecular weight excluding hydrogens is 274 g/mol. The lowest BCUT2D eigenvalue weighted by Crippen LogP contribution is -2.39. The molecule has 1 aliphatic rings. The minimum atomic E-state index is -0.478. The van der Waals surface area contributed by atoms with Gasteiger partial charge in [0.1, 0.15) is 0 Å². The van der Waals surface area contributed by atoms with Crippen LogP contribution in [0, 0.1) is 5.92 Å².